The molecule has 0 aliphatic carbocycles. The number of fused-ring (bicyclic) bond motifs is 1. The summed E-state index contributed by atoms with van der Waals surface area (Å²) in [5.74, 6) is 1.03. The van der Waals surface area contributed by atoms with Crippen LogP contribution in [0.1, 0.15) is 16.5 Å². The highest BCUT2D eigenvalue weighted by Gasteiger charge is 2.34. The summed E-state index contributed by atoms with van der Waals surface area (Å²) in [6.07, 6.45) is 0. The van der Waals surface area contributed by atoms with Gasteiger partial charge in [-0.25, -0.2) is 4.98 Å². The van der Waals surface area contributed by atoms with Crippen molar-refractivity contribution in [2.75, 3.05) is 5.32 Å². The lowest BCUT2D eigenvalue weighted by molar-refractivity contribution is 0.585. The Kier molecular flexibility index (Phi) is 3.14. The van der Waals surface area contributed by atoms with Crippen LogP contribution in [0.2, 0.25) is 0 Å². The Morgan fingerprint density at radius 1 is 1.22 bits per heavy atom. The molecule has 1 atom stereocenters. The van der Waals surface area contributed by atoms with Gasteiger partial charge in [-0.3, -0.25) is 0 Å². The van der Waals surface area contributed by atoms with Crippen molar-refractivity contribution in [1.29, 1.82) is 5.26 Å². The number of benzene rings is 1. The fourth-order valence-corrected chi connectivity index (χ4v) is 3.50. The minimum Gasteiger partial charge on any atom is -0.420 e. The summed E-state index contributed by atoms with van der Waals surface area (Å²) < 4.78 is 5.84. The second-order valence-corrected chi connectivity index (χ2v) is 6.09. The molecule has 23 heavy (non-hydrogen) atoms. The zero-order valence-electron chi connectivity index (χ0n) is 12.0. The number of rotatable bonds is 2. The highest BCUT2D eigenvalue weighted by atomic mass is 32.1. The third-order valence-electron chi connectivity index (χ3n) is 3.72. The molecule has 6 heteroatoms. The lowest BCUT2D eigenvalue weighted by Crippen LogP contribution is -2.22. The van der Waals surface area contributed by atoms with E-state index in [0.717, 1.165) is 10.4 Å². The van der Waals surface area contributed by atoms with Crippen LogP contribution in [0, 0.1) is 11.3 Å². The highest BCUT2D eigenvalue weighted by Crippen LogP contribution is 2.43. The van der Waals surface area contributed by atoms with Gasteiger partial charge in [-0.05, 0) is 23.6 Å². The number of allylic oxidation sites excluding steroid dienone is 1. The number of nitrogens with two attached hydrogens (primary N) is 1. The molecule has 2 aromatic heterocycles. The van der Waals surface area contributed by atoms with Gasteiger partial charge in [0.2, 0.25) is 11.8 Å². The monoisotopic (exact) mass is 320 g/mol. The second kappa shape index (κ2) is 5.30. The molecule has 0 bridgehead atoms. The number of thiophene rings is 1. The summed E-state index contributed by atoms with van der Waals surface area (Å²) in [5, 5.41) is 14.4. The summed E-state index contributed by atoms with van der Waals surface area (Å²) in [6.45, 7) is 0. The fourth-order valence-electron chi connectivity index (χ4n) is 2.66. The van der Waals surface area contributed by atoms with E-state index in [4.69, 9.17) is 10.2 Å². The van der Waals surface area contributed by atoms with Gasteiger partial charge in [-0.1, -0.05) is 24.3 Å². The smallest absolute Gasteiger partial charge is 0.229 e. The highest BCUT2D eigenvalue weighted by molar-refractivity contribution is 7.10. The van der Waals surface area contributed by atoms with E-state index in [1.54, 1.807) is 11.3 Å². The van der Waals surface area contributed by atoms with Gasteiger partial charge in [0.25, 0.3) is 0 Å². The molecule has 3 aromatic rings. The predicted octanol–water partition coefficient (Wildman–Crippen LogP) is 3.65. The second-order valence-electron chi connectivity index (χ2n) is 5.11. The Morgan fingerprint density at radius 3 is 2.74 bits per heavy atom. The maximum Gasteiger partial charge on any atom is 0.229 e. The summed E-state index contributed by atoms with van der Waals surface area (Å²) in [4.78, 5) is 5.64. The van der Waals surface area contributed by atoms with Gasteiger partial charge in [-0.2, -0.15) is 5.26 Å². The number of nitriles is 1. The Balaban J connectivity index is 1.88. The van der Waals surface area contributed by atoms with Crippen molar-refractivity contribution in [3.05, 3.63) is 69.8 Å². The van der Waals surface area contributed by atoms with E-state index >= 15 is 0 Å². The summed E-state index contributed by atoms with van der Waals surface area (Å²) in [5.41, 5.74) is 8.05. The first-order chi connectivity index (χ1) is 11.3. The first-order valence-electron chi connectivity index (χ1n) is 7.04. The number of aromatic nitrogens is 1. The molecule has 1 aromatic carbocycles. The fraction of sp³-hybridized carbons (Fsp3) is 0.0588. The molecule has 3 N–H and O–H groups in total. The Labute approximate surface area is 136 Å². The van der Waals surface area contributed by atoms with Crippen molar-refractivity contribution in [1.82, 2.24) is 4.98 Å². The Morgan fingerprint density at radius 2 is 2.04 bits per heavy atom. The van der Waals surface area contributed by atoms with E-state index in [9.17, 15) is 5.26 Å². The van der Waals surface area contributed by atoms with Crippen LogP contribution < -0.4 is 11.1 Å². The van der Waals surface area contributed by atoms with Crippen LogP contribution >= 0.6 is 11.3 Å². The number of hydrogen-bond acceptors (Lipinski definition) is 6. The van der Waals surface area contributed by atoms with Gasteiger partial charge >= 0.3 is 0 Å². The van der Waals surface area contributed by atoms with Crippen molar-refractivity contribution in [2.45, 2.75) is 5.92 Å². The standard InChI is InChI=1S/C17H12N4OS/c18-9-11-13(12-7-4-8-23-12)14-17(21-15(11)19)22-16(20-14)10-5-2-1-3-6-10/h1-8,13,21H,19H2/t13-/m1/s1. The molecule has 1 aliphatic rings. The molecule has 0 saturated heterocycles. The molecule has 0 saturated carbocycles. The molecule has 4 rings (SSSR count). The normalized spacial score (nSPS) is 16.6. The van der Waals surface area contributed by atoms with E-state index in [1.807, 2.05) is 47.8 Å². The van der Waals surface area contributed by atoms with Gasteiger partial charge in [-0.15, -0.1) is 11.3 Å². The summed E-state index contributed by atoms with van der Waals surface area (Å²) in [7, 11) is 0. The lowest BCUT2D eigenvalue weighted by atomic mass is 9.92. The molecular formula is C17H12N4OS. The minimum absolute atomic E-state index is 0.294. The summed E-state index contributed by atoms with van der Waals surface area (Å²) >= 11 is 1.57. The lowest BCUT2D eigenvalue weighted by Gasteiger charge is -2.21. The maximum absolute atomic E-state index is 9.50. The van der Waals surface area contributed by atoms with Crippen LogP contribution in [-0.2, 0) is 0 Å². The van der Waals surface area contributed by atoms with Gasteiger partial charge in [0.05, 0.1) is 17.6 Å². The number of nitrogens with zero attached hydrogens (tertiary/aromatic N) is 2. The number of oxazole rings is 1. The van der Waals surface area contributed by atoms with E-state index in [-0.39, 0.29) is 5.92 Å². The maximum atomic E-state index is 9.50. The van der Waals surface area contributed by atoms with Crippen molar-refractivity contribution >= 4 is 17.2 Å². The van der Waals surface area contributed by atoms with E-state index in [1.165, 1.54) is 0 Å². The Hall–Kier alpha value is -3.04. The first kappa shape index (κ1) is 13.6. The molecular weight excluding hydrogens is 308 g/mol. The molecule has 0 radical (unpaired) electrons. The van der Waals surface area contributed by atoms with Crippen LogP contribution in [0.3, 0.4) is 0 Å². The van der Waals surface area contributed by atoms with Crippen LogP contribution in [0.4, 0.5) is 5.88 Å². The van der Waals surface area contributed by atoms with E-state index < -0.39 is 0 Å². The quantitative estimate of drug-likeness (QED) is 0.752. The number of nitrogens with one attached hydrogen (secondary N) is 1. The molecule has 1 aliphatic heterocycles. The van der Waals surface area contributed by atoms with Crippen LogP contribution in [0.25, 0.3) is 11.5 Å². The first-order valence-corrected chi connectivity index (χ1v) is 7.92. The molecule has 3 heterocycles. The summed E-state index contributed by atoms with van der Waals surface area (Å²) in [6, 6.07) is 15.8. The third kappa shape index (κ3) is 2.18. The predicted molar refractivity (Wildman–Crippen MR) is 88.6 cm³/mol. The molecule has 112 valence electrons. The average Bonchev–Trinajstić information content (AvgIpc) is 3.23. The van der Waals surface area contributed by atoms with Crippen molar-refractivity contribution < 1.29 is 4.42 Å². The van der Waals surface area contributed by atoms with Gasteiger partial charge in [0, 0.05) is 10.4 Å². The average molecular weight is 320 g/mol. The van der Waals surface area contributed by atoms with Crippen LogP contribution in [0.15, 0.2) is 63.7 Å². The zero-order chi connectivity index (χ0) is 15.8. The van der Waals surface area contributed by atoms with E-state index in [2.05, 4.69) is 16.4 Å². The Bertz CT molecular complexity index is 919. The van der Waals surface area contributed by atoms with Crippen LogP contribution in [-0.4, -0.2) is 4.98 Å². The molecule has 0 amide bonds. The molecule has 0 fully saturated rings. The number of anilines is 1. The third-order valence-corrected chi connectivity index (χ3v) is 4.66. The minimum atomic E-state index is -0.294. The van der Waals surface area contributed by atoms with Gasteiger partial charge in [0.15, 0.2) is 0 Å². The topological polar surface area (TPSA) is 87.9 Å². The van der Waals surface area contributed by atoms with Crippen molar-refractivity contribution in [3.8, 4) is 17.5 Å². The molecule has 5 nitrogen and oxygen atoms in total. The van der Waals surface area contributed by atoms with Gasteiger partial charge in [0.1, 0.15) is 11.5 Å². The molecule has 0 spiro atoms. The zero-order valence-corrected chi connectivity index (χ0v) is 12.8. The SMILES string of the molecule is N#CC1=C(N)Nc2oc(-c3ccccc3)nc2[C@H]1c1cccs1. The van der Waals surface area contributed by atoms with Crippen molar-refractivity contribution in [2.24, 2.45) is 5.73 Å². The molecule has 0 unspecified atom stereocenters. The van der Waals surface area contributed by atoms with Crippen LogP contribution in [0.5, 0.6) is 0 Å². The number of hydrogen-bond donors (Lipinski definition) is 2. The largest absolute Gasteiger partial charge is 0.420 e. The van der Waals surface area contributed by atoms with Crippen molar-refractivity contribution in [3.63, 3.8) is 0 Å². The van der Waals surface area contributed by atoms with E-state index in [0.29, 0.717) is 28.9 Å². The van der Waals surface area contributed by atoms with Gasteiger partial charge < -0.3 is 15.5 Å².